The second-order valence-electron chi connectivity index (χ2n) is 4.03. The van der Waals surface area contributed by atoms with Gasteiger partial charge < -0.3 is 5.11 Å². The number of carbonyl (C=O) groups is 2. The van der Waals surface area contributed by atoms with E-state index in [1.807, 2.05) is 30.3 Å². The molecule has 2 rings (SSSR count). The first-order valence-corrected chi connectivity index (χ1v) is 6.30. The van der Waals surface area contributed by atoms with Gasteiger partial charge in [0.25, 0.3) is 0 Å². The minimum absolute atomic E-state index is 0.787. The summed E-state index contributed by atoms with van der Waals surface area (Å²) in [7, 11) is 0. The number of aldehydes is 1. The van der Waals surface area contributed by atoms with Crippen molar-refractivity contribution in [3.63, 3.8) is 0 Å². The van der Waals surface area contributed by atoms with Crippen molar-refractivity contribution in [2.45, 2.75) is 0 Å². The minimum atomic E-state index is -0.981. The van der Waals surface area contributed by atoms with Gasteiger partial charge in [-0.2, -0.15) is 0 Å². The maximum atomic E-state index is 10.2. The van der Waals surface area contributed by atoms with Crippen LogP contribution < -0.4 is 0 Å². The summed E-state index contributed by atoms with van der Waals surface area (Å²) in [5, 5.41) is 7.60. The second kappa shape index (κ2) is 9.04. The summed E-state index contributed by atoms with van der Waals surface area (Å²) in [6, 6.07) is 18.3. The summed E-state index contributed by atoms with van der Waals surface area (Å²) < 4.78 is 0. The van der Waals surface area contributed by atoms with Crippen LogP contribution in [0.4, 0.5) is 0 Å². The lowest BCUT2D eigenvalue weighted by Crippen LogP contribution is -1.82. The molecule has 0 radical (unpaired) electrons. The van der Waals surface area contributed by atoms with E-state index in [-0.39, 0.29) is 0 Å². The van der Waals surface area contributed by atoms with E-state index in [9.17, 15) is 9.59 Å². The van der Waals surface area contributed by atoms with Crippen LogP contribution in [-0.2, 0) is 9.59 Å². The van der Waals surface area contributed by atoms with Gasteiger partial charge in [0.1, 0.15) is 6.29 Å². The molecule has 0 aromatic heterocycles. The van der Waals surface area contributed by atoms with Gasteiger partial charge in [0.15, 0.2) is 0 Å². The van der Waals surface area contributed by atoms with Crippen molar-refractivity contribution >= 4 is 18.3 Å². The van der Waals surface area contributed by atoms with Crippen molar-refractivity contribution in [3.8, 4) is 11.1 Å². The molecule has 1 N–H and O–H groups in total. The molecule has 0 spiro atoms. The Balaban J connectivity index is 0.000000383. The Bertz CT molecular complexity index is 628. The van der Waals surface area contributed by atoms with E-state index < -0.39 is 5.97 Å². The average molecular weight is 280 g/mol. The van der Waals surface area contributed by atoms with Gasteiger partial charge >= 0.3 is 5.97 Å². The Morgan fingerprint density at radius 1 is 1.00 bits per heavy atom. The highest BCUT2D eigenvalue weighted by molar-refractivity contribution is 5.78. The van der Waals surface area contributed by atoms with E-state index in [0.29, 0.717) is 0 Å². The van der Waals surface area contributed by atoms with E-state index in [1.54, 1.807) is 6.08 Å². The summed E-state index contributed by atoms with van der Waals surface area (Å²) in [4.78, 5) is 19.5. The van der Waals surface area contributed by atoms with Gasteiger partial charge in [0, 0.05) is 6.08 Å². The SMILES string of the molecule is C=CC(=O)O.O=C/C=C/c1cccc(-c2ccccc2)c1. The molecule has 0 unspecified atom stereocenters. The first-order chi connectivity index (χ1) is 10.2. The van der Waals surface area contributed by atoms with Gasteiger partial charge in [-0.3, -0.25) is 4.79 Å². The van der Waals surface area contributed by atoms with Crippen molar-refractivity contribution in [2.24, 2.45) is 0 Å². The van der Waals surface area contributed by atoms with Gasteiger partial charge in [0.2, 0.25) is 0 Å². The molecule has 2 aromatic rings. The Hall–Kier alpha value is -2.94. The third kappa shape index (κ3) is 6.16. The van der Waals surface area contributed by atoms with Gasteiger partial charge in [-0.05, 0) is 28.8 Å². The van der Waals surface area contributed by atoms with Crippen molar-refractivity contribution < 1.29 is 14.7 Å². The van der Waals surface area contributed by atoms with Crippen molar-refractivity contribution in [1.82, 2.24) is 0 Å². The van der Waals surface area contributed by atoms with Gasteiger partial charge in [-0.25, -0.2) is 4.79 Å². The number of aliphatic carboxylic acids is 1. The predicted octanol–water partition coefficient (Wildman–Crippen LogP) is 3.82. The van der Waals surface area contributed by atoms with Crippen molar-refractivity contribution in [1.29, 1.82) is 0 Å². The van der Waals surface area contributed by atoms with Crippen LogP contribution in [0.2, 0.25) is 0 Å². The number of hydrogen-bond donors (Lipinski definition) is 1. The number of hydrogen-bond acceptors (Lipinski definition) is 2. The van der Waals surface area contributed by atoms with Crippen LogP contribution in [0.25, 0.3) is 17.2 Å². The van der Waals surface area contributed by atoms with Crippen LogP contribution in [0.15, 0.2) is 73.3 Å². The zero-order valence-electron chi connectivity index (χ0n) is 11.5. The number of carbonyl (C=O) groups excluding carboxylic acids is 1. The molecular formula is C18H16O3. The maximum absolute atomic E-state index is 10.2. The molecule has 3 nitrogen and oxygen atoms in total. The molecule has 2 aromatic carbocycles. The van der Waals surface area contributed by atoms with Crippen LogP contribution in [0.5, 0.6) is 0 Å². The molecule has 0 fully saturated rings. The molecule has 0 amide bonds. The Kier molecular flexibility index (Phi) is 6.94. The fraction of sp³-hybridized carbons (Fsp3) is 0. The zero-order valence-corrected chi connectivity index (χ0v) is 11.5. The molecule has 0 atom stereocenters. The summed E-state index contributed by atoms with van der Waals surface area (Å²) >= 11 is 0. The van der Waals surface area contributed by atoms with Crippen molar-refractivity contribution in [2.75, 3.05) is 0 Å². The van der Waals surface area contributed by atoms with E-state index in [1.165, 1.54) is 11.6 Å². The average Bonchev–Trinajstić information content (AvgIpc) is 2.54. The Morgan fingerprint density at radius 3 is 2.19 bits per heavy atom. The van der Waals surface area contributed by atoms with Crippen LogP contribution >= 0.6 is 0 Å². The molecule has 0 saturated carbocycles. The minimum Gasteiger partial charge on any atom is -0.478 e. The normalized spacial score (nSPS) is 9.52. The summed E-state index contributed by atoms with van der Waals surface area (Å²) in [5.41, 5.74) is 3.38. The summed E-state index contributed by atoms with van der Waals surface area (Å²) in [6.45, 7) is 2.96. The lowest BCUT2D eigenvalue weighted by Gasteiger charge is -2.02. The molecule has 3 heteroatoms. The lowest BCUT2D eigenvalue weighted by atomic mass is 10.0. The number of carboxylic acid groups (broad SMARTS) is 1. The Morgan fingerprint density at radius 2 is 1.62 bits per heavy atom. The number of allylic oxidation sites excluding steroid dienone is 1. The number of benzene rings is 2. The van der Waals surface area contributed by atoms with Crippen LogP contribution in [-0.4, -0.2) is 17.4 Å². The van der Waals surface area contributed by atoms with Gasteiger partial charge in [0.05, 0.1) is 0 Å². The lowest BCUT2D eigenvalue weighted by molar-refractivity contribution is -0.131. The monoisotopic (exact) mass is 280 g/mol. The predicted molar refractivity (Wildman–Crippen MR) is 84.8 cm³/mol. The topological polar surface area (TPSA) is 54.4 Å². The molecule has 106 valence electrons. The smallest absolute Gasteiger partial charge is 0.327 e. The fourth-order valence-electron chi connectivity index (χ4n) is 1.60. The third-order valence-electron chi connectivity index (χ3n) is 2.54. The van der Waals surface area contributed by atoms with E-state index in [4.69, 9.17) is 5.11 Å². The molecule has 0 aliphatic carbocycles. The zero-order chi connectivity index (χ0) is 15.5. The van der Waals surface area contributed by atoms with Crippen LogP contribution in [0.1, 0.15) is 5.56 Å². The third-order valence-corrected chi connectivity index (χ3v) is 2.54. The standard InChI is InChI=1S/C15H12O.C3H4O2/c16-11-5-7-13-6-4-10-15(12-13)14-8-2-1-3-9-14;1-2-3(4)5/h1-12H;2H,1H2,(H,4,5)/b7-5+;. The summed E-state index contributed by atoms with van der Waals surface area (Å²) in [5.74, 6) is -0.981. The highest BCUT2D eigenvalue weighted by Gasteiger charge is 1.96. The van der Waals surface area contributed by atoms with E-state index in [2.05, 4.69) is 30.8 Å². The highest BCUT2D eigenvalue weighted by Crippen LogP contribution is 2.20. The second-order valence-corrected chi connectivity index (χ2v) is 4.03. The molecule has 0 heterocycles. The van der Waals surface area contributed by atoms with E-state index >= 15 is 0 Å². The van der Waals surface area contributed by atoms with Gasteiger partial charge in [-0.15, -0.1) is 0 Å². The maximum Gasteiger partial charge on any atom is 0.327 e. The fourth-order valence-corrected chi connectivity index (χ4v) is 1.60. The van der Waals surface area contributed by atoms with Gasteiger partial charge in [-0.1, -0.05) is 61.2 Å². The molecule has 0 bridgehead atoms. The molecule has 21 heavy (non-hydrogen) atoms. The molecule has 0 aliphatic heterocycles. The molecule has 0 aliphatic rings. The Labute approximate surface area is 123 Å². The van der Waals surface area contributed by atoms with Crippen LogP contribution in [0.3, 0.4) is 0 Å². The van der Waals surface area contributed by atoms with E-state index in [0.717, 1.165) is 23.5 Å². The molecular weight excluding hydrogens is 264 g/mol. The molecule has 0 saturated heterocycles. The first kappa shape index (κ1) is 16.1. The number of carboxylic acids is 1. The highest BCUT2D eigenvalue weighted by atomic mass is 16.4. The van der Waals surface area contributed by atoms with Crippen LogP contribution in [0, 0.1) is 0 Å². The number of rotatable bonds is 4. The largest absolute Gasteiger partial charge is 0.478 e. The quantitative estimate of drug-likeness (QED) is 0.684. The summed E-state index contributed by atoms with van der Waals surface area (Å²) in [6.07, 6.45) is 4.93. The van der Waals surface area contributed by atoms with Crippen molar-refractivity contribution in [3.05, 3.63) is 78.9 Å². The first-order valence-electron chi connectivity index (χ1n) is 6.30.